The number of nitrogens with zero attached hydrogens (tertiary/aromatic N) is 1. The van der Waals surface area contributed by atoms with Crippen LogP contribution in [0.4, 0.5) is 4.39 Å². The van der Waals surface area contributed by atoms with Gasteiger partial charge in [-0.15, -0.1) is 0 Å². The molecule has 0 atom stereocenters. The first-order chi connectivity index (χ1) is 6.09. The van der Waals surface area contributed by atoms with Crippen molar-refractivity contribution in [2.75, 3.05) is 0 Å². The Labute approximate surface area is 74.7 Å². The van der Waals surface area contributed by atoms with Crippen LogP contribution in [0.2, 0.25) is 0 Å². The maximum absolute atomic E-state index is 12.6. The van der Waals surface area contributed by atoms with Gasteiger partial charge in [0, 0.05) is 6.08 Å². The average Bonchev–Trinajstić information content (AvgIpc) is 2.02. The van der Waals surface area contributed by atoms with Crippen LogP contribution in [0.5, 0.6) is 0 Å². The van der Waals surface area contributed by atoms with Gasteiger partial charge >= 0.3 is 0 Å². The second-order valence-corrected chi connectivity index (χ2v) is 2.60. The van der Waals surface area contributed by atoms with Crippen LogP contribution in [0.3, 0.4) is 0 Å². The minimum Gasteiger partial charge on any atom is -0.259 e. The minimum atomic E-state index is -0.553. The van der Waals surface area contributed by atoms with Crippen molar-refractivity contribution in [2.24, 2.45) is 0 Å². The van der Waals surface area contributed by atoms with Crippen LogP contribution >= 0.6 is 0 Å². The minimum absolute atomic E-state index is 0.337. The Kier molecular flexibility index (Phi) is 2.74. The van der Waals surface area contributed by atoms with Crippen LogP contribution in [-0.2, 0) is 0 Å². The van der Waals surface area contributed by atoms with Gasteiger partial charge in [-0.3, -0.25) is 10.1 Å². The Bertz CT molecular complexity index is 361. The van der Waals surface area contributed by atoms with E-state index in [0.717, 1.165) is 6.20 Å². The molecule has 68 valence electrons. The van der Waals surface area contributed by atoms with Gasteiger partial charge in [-0.2, -0.15) is 0 Å². The van der Waals surface area contributed by atoms with E-state index in [9.17, 15) is 14.5 Å². The van der Waals surface area contributed by atoms with Gasteiger partial charge in [0.25, 0.3) is 0 Å². The molecule has 4 heteroatoms. The lowest BCUT2D eigenvalue weighted by atomic mass is 10.1. The number of nitro groups is 1. The standard InChI is InChI=1S/C9H8FNO2/c1-7-6-9(10)3-2-8(7)4-5-11(12)13/h2-6H,1H3/b5-4+. The molecular weight excluding hydrogens is 173 g/mol. The molecule has 1 rings (SSSR count). The van der Waals surface area contributed by atoms with Crippen LogP contribution in [0.1, 0.15) is 11.1 Å². The number of hydrogen-bond donors (Lipinski definition) is 0. The normalized spacial score (nSPS) is 10.6. The smallest absolute Gasteiger partial charge is 0.235 e. The molecule has 0 heterocycles. The molecule has 0 N–H and O–H groups in total. The van der Waals surface area contributed by atoms with Gasteiger partial charge in [0.15, 0.2) is 0 Å². The molecule has 0 bridgehead atoms. The zero-order valence-electron chi connectivity index (χ0n) is 7.03. The fraction of sp³-hybridized carbons (Fsp3) is 0.111. The second kappa shape index (κ2) is 3.80. The van der Waals surface area contributed by atoms with Crippen LogP contribution in [-0.4, -0.2) is 4.92 Å². The van der Waals surface area contributed by atoms with Crippen LogP contribution in [0.15, 0.2) is 24.4 Å². The third-order valence-electron chi connectivity index (χ3n) is 1.61. The predicted octanol–water partition coefficient (Wildman–Crippen LogP) is 2.38. The Morgan fingerprint density at radius 2 is 2.23 bits per heavy atom. The van der Waals surface area contributed by atoms with E-state index in [-0.39, 0.29) is 5.82 Å². The van der Waals surface area contributed by atoms with Crippen molar-refractivity contribution < 1.29 is 9.31 Å². The highest BCUT2D eigenvalue weighted by Crippen LogP contribution is 2.11. The monoisotopic (exact) mass is 181 g/mol. The van der Waals surface area contributed by atoms with Crippen molar-refractivity contribution in [3.63, 3.8) is 0 Å². The largest absolute Gasteiger partial charge is 0.259 e. The molecule has 0 aliphatic carbocycles. The zero-order chi connectivity index (χ0) is 9.84. The summed E-state index contributed by atoms with van der Waals surface area (Å²) in [6.45, 7) is 1.70. The Morgan fingerprint density at radius 1 is 1.54 bits per heavy atom. The molecule has 0 amide bonds. The van der Waals surface area contributed by atoms with Crippen molar-refractivity contribution in [3.05, 3.63) is 51.5 Å². The lowest BCUT2D eigenvalue weighted by Gasteiger charge is -1.97. The lowest BCUT2D eigenvalue weighted by Crippen LogP contribution is -1.86. The summed E-state index contributed by atoms with van der Waals surface area (Å²) in [6, 6.07) is 4.11. The van der Waals surface area contributed by atoms with Gasteiger partial charge in [-0.1, -0.05) is 6.07 Å². The van der Waals surface area contributed by atoms with Gasteiger partial charge in [-0.25, -0.2) is 4.39 Å². The summed E-state index contributed by atoms with van der Waals surface area (Å²) in [5.74, 6) is -0.337. The van der Waals surface area contributed by atoms with E-state index >= 15 is 0 Å². The number of hydrogen-bond acceptors (Lipinski definition) is 2. The van der Waals surface area contributed by atoms with Crippen molar-refractivity contribution in [1.82, 2.24) is 0 Å². The van der Waals surface area contributed by atoms with Crippen molar-refractivity contribution in [3.8, 4) is 0 Å². The van der Waals surface area contributed by atoms with E-state index in [1.165, 1.54) is 24.3 Å². The molecule has 1 aromatic rings. The first-order valence-electron chi connectivity index (χ1n) is 3.67. The topological polar surface area (TPSA) is 43.1 Å². The van der Waals surface area contributed by atoms with E-state index in [1.54, 1.807) is 6.92 Å². The molecule has 0 unspecified atom stereocenters. The van der Waals surface area contributed by atoms with Crippen molar-refractivity contribution in [2.45, 2.75) is 6.92 Å². The van der Waals surface area contributed by atoms with Gasteiger partial charge in [0.05, 0.1) is 4.92 Å². The van der Waals surface area contributed by atoms with Gasteiger partial charge < -0.3 is 0 Å². The second-order valence-electron chi connectivity index (χ2n) is 2.60. The number of benzene rings is 1. The summed E-state index contributed by atoms with van der Waals surface area (Å²) >= 11 is 0. The Balaban J connectivity index is 2.96. The van der Waals surface area contributed by atoms with Gasteiger partial charge in [0.1, 0.15) is 5.82 Å². The van der Waals surface area contributed by atoms with Gasteiger partial charge in [0.2, 0.25) is 6.20 Å². The van der Waals surface area contributed by atoms with E-state index in [0.29, 0.717) is 11.1 Å². The third kappa shape index (κ3) is 2.66. The molecule has 0 aliphatic rings. The lowest BCUT2D eigenvalue weighted by molar-refractivity contribution is -0.400. The molecule has 0 saturated carbocycles. The van der Waals surface area contributed by atoms with Crippen LogP contribution in [0.25, 0.3) is 6.08 Å². The maximum Gasteiger partial charge on any atom is 0.235 e. The van der Waals surface area contributed by atoms with Crippen molar-refractivity contribution >= 4 is 6.08 Å². The number of aryl methyl sites for hydroxylation is 1. The zero-order valence-corrected chi connectivity index (χ0v) is 7.03. The van der Waals surface area contributed by atoms with E-state index in [4.69, 9.17) is 0 Å². The fourth-order valence-electron chi connectivity index (χ4n) is 0.967. The van der Waals surface area contributed by atoms with E-state index in [1.807, 2.05) is 0 Å². The average molecular weight is 181 g/mol. The molecule has 13 heavy (non-hydrogen) atoms. The molecule has 1 aromatic carbocycles. The predicted molar refractivity (Wildman–Crippen MR) is 47.2 cm³/mol. The van der Waals surface area contributed by atoms with Crippen molar-refractivity contribution in [1.29, 1.82) is 0 Å². The fourth-order valence-corrected chi connectivity index (χ4v) is 0.967. The molecule has 3 nitrogen and oxygen atoms in total. The molecule has 0 spiro atoms. The highest BCUT2D eigenvalue weighted by Gasteiger charge is 1.97. The molecule has 0 fully saturated rings. The molecule has 0 aromatic heterocycles. The molecular formula is C9H8FNO2. The summed E-state index contributed by atoms with van der Waals surface area (Å²) in [5.41, 5.74) is 1.33. The van der Waals surface area contributed by atoms with Crippen LogP contribution in [0, 0.1) is 22.9 Å². The highest BCUT2D eigenvalue weighted by atomic mass is 19.1. The number of rotatable bonds is 2. The molecule has 0 saturated heterocycles. The van der Waals surface area contributed by atoms with Gasteiger partial charge in [-0.05, 0) is 30.2 Å². The maximum atomic E-state index is 12.6. The van der Waals surface area contributed by atoms with E-state index in [2.05, 4.69) is 0 Å². The molecule has 0 aliphatic heterocycles. The Morgan fingerprint density at radius 3 is 2.77 bits per heavy atom. The summed E-state index contributed by atoms with van der Waals surface area (Å²) in [5, 5.41) is 10.00. The van der Waals surface area contributed by atoms with E-state index < -0.39 is 4.92 Å². The molecule has 0 radical (unpaired) electrons. The summed E-state index contributed by atoms with van der Waals surface area (Å²) in [6.07, 6.45) is 2.18. The summed E-state index contributed by atoms with van der Waals surface area (Å²) in [7, 11) is 0. The summed E-state index contributed by atoms with van der Waals surface area (Å²) < 4.78 is 12.6. The highest BCUT2D eigenvalue weighted by molar-refractivity contribution is 5.52. The first-order valence-corrected chi connectivity index (χ1v) is 3.67. The first kappa shape index (κ1) is 9.38. The Hall–Kier alpha value is -1.71. The third-order valence-corrected chi connectivity index (χ3v) is 1.61. The quantitative estimate of drug-likeness (QED) is 0.519. The summed E-state index contributed by atoms with van der Waals surface area (Å²) in [4.78, 5) is 9.44. The van der Waals surface area contributed by atoms with Crippen LogP contribution < -0.4 is 0 Å². The number of halogens is 1. The SMILES string of the molecule is Cc1cc(F)ccc1/C=C/[N+](=O)[O-].